The van der Waals surface area contributed by atoms with E-state index in [2.05, 4.69) is 35.6 Å². The van der Waals surface area contributed by atoms with E-state index in [1.54, 1.807) is 12.1 Å². The predicted octanol–water partition coefficient (Wildman–Crippen LogP) is 1.83. The van der Waals surface area contributed by atoms with E-state index in [9.17, 15) is 4.79 Å². The van der Waals surface area contributed by atoms with E-state index in [0.717, 1.165) is 5.69 Å². The molecule has 3 heterocycles. The first kappa shape index (κ1) is 21.7. The summed E-state index contributed by atoms with van der Waals surface area (Å²) in [5, 5.41) is 6.56. The van der Waals surface area contributed by atoms with Gasteiger partial charge in [0.2, 0.25) is 17.8 Å². The molecule has 1 aliphatic heterocycles. The Kier molecular flexibility index (Phi) is 6.87. The lowest BCUT2D eigenvalue weighted by Gasteiger charge is -2.27. The molecule has 11 nitrogen and oxygen atoms in total. The number of nitrogens with one attached hydrogen (secondary N) is 2. The third kappa shape index (κ3) is 5.56. The summed E-state index contributed by atoms with van der Waals surface area (Å²) < 4.78 is 10.4. The molecule has 3 aromatic rings. The highest BCUT2D eigenvalue weighted by molar-refractivity contribution is 6.30. The molecule has 4 rings (SSSR count). The number of hydrogen-bond acceptors (Lipinski definition) is 10. The van der Waals surface area contributed by atoms with Crippen LogP contribution in [0.1, 0.15) is 16.3 Å². The largest absolute Gasteiger partial charge is 0.481 e. The fourth-order valence-electron chi connectivity index (χ4n) is 2.93. The third-order valence-electron chi connectivity index (χ3n) is 4.56. The zero-order valence-electron chi connectivity index (χ0n) is 17.3. The zero-order valence-corrected chi connectivity index (χ0v) is 18.0. The van der Waals surface area contributed by atoms with Gasteiger partial charge in [0, 0.05) is 29.9 Å². The van der Waals surface area contributed by atoms with E-state index in [1.165, 1.54) is 19.5 Å². The van der Waals surface area contributed by atoms with E-state index < -0.39 is 5.91 Å². The number of carbonyl (C=O) groups is 1. The summed E-state index contributed by atoms with van der Waals surface area (Å²) in [5.74, 6) is 1.16. The van der Waals surface area contributed by atoms with Gasteiger partial charge in [-0.2, -0.15) is 15.0 Å². The zero-order chi connectivity index (χ0) is 22.3. The maximum absolute atomic E-state index is 12.5. The normalized spacial score (nSPS) is 13.5. The summed E-state index contributed by atoms with van der Waals surface area (Å²) in [6, 6.07) is 8.64. The number of anilines is 3. The lowest BCUT2D eigenvalue weighted by molar-refractivity contribution is 0.0944. The number of carbonyl (C=O) groups excluding carboxylic acids is 1. The Morgan fingerprint density at radius 2 is 1.94 bits per heavy atom. The van der Waals surface area contributed by atoms with Crippen molar-refractivity contribution in [3.8, 4) is 5.88 Å². The Morgan fingerprint density at radius 1 is 1.16 bits per heavy atom. The van der Waals surface area contributed by atoms with Crippen LogP contribution in [0.3, 0.4) is 0 Å². The fraction of sp³-hybridized carbons (Fsp3) is 0.300. The van der Waals surface area contributed by atoms with Crippen molar-refractivity contribution in [3.05, 3.63) is 53.2 Å². The molecule has 1 aliphatic rings. The lowest BCUT2D eigenvalue weighted by atomic mass is 10.3. The van der Waals surface area contributed by atoms with Crippen LogP contribution in [0.5, 0.6) is 5.88 Å². The number of aromatic nitrogens is 5. The van der Waals surface area contributed by atoms with Gasteiger partial charge in [-0.25, -0.2) is 9.97 Å². The number of ether oxygens (including phenoxy) is 2. The van der Waals surface area contributed by atoms with Gasteiger partial charge in [0.05, 0.1) is 26.9 Å². The molecule has 166 valence electrons. The number of methoxy groups -OCH3 is 1. The van der Waals surface area contributed by atoms with Crippen molar-refractivity contribution in [3.63, 3.8) is 0 Å². The summed E-state index contributed by atoms with van der Waals surface area (Å²) >= 11 is 5.96. The summed E-state index contributed by atoms with van der Waals surface area (Å²) in [6.07, 6.45) is 1.27. The van der Waals surface area contributed by atoms with E-state index in [0.29, 0.717) is 54.9 Å². The van der Waals surface area contributed by atoms with E-state index in [-0.39, 0.29) is 12.2 Å². The van der Waals surface area contributed by atoms with Crippen molar-refractivity contribution >= 4 is 35.1 Å². The molecular weight excluding hydrogens is 436 g/mol. The summed E-state index contributed by atoms with van der Waals surface area (Å²) in [4.78, 5) is 35.9. The highest BCUT2D eigenvalue weighted by Crippen LogP contribution is 2.19. The van der Waals surface area contributed by atoms with Gasteiger partial charge >= 0.3 is 0 Å². The average Bonchev–Trinajstić information content (AvgIpc) is 2.84. The Balaban J connectivity index is 1.53. The van der Waals surface area contributed by atoms with Crippen LogP contribution in [0.25, 0.3) is 0 Å². The van der Waals surface area contributed by atoms with Crippen LogP contribution < -0.4 is 20.3 Å². The van der Waals surface area contributed by atoms with Gasteiger partial charge < -0.3 is 25.0 Å². The Labute approximate surface area is 189 Å². The second kappa shape index (κ2) is 10.2. The van der Waals surface area contributed by atoms with E-state index in [1.807, 2.05) is 17.0 Å². The Bertz CT molecular complexity index is 1080. The molecule has 1 fully saturated rings. The summed E-state index contributed by atoms with van der Waals surface area (Å²) in [7, 11) is 1.47. The van der Waals surface area contributed by atoms with Crippen LogP contribution in [0.15, 0.2) is 36.7 Å². The van der Waals surface area contributed by atoms with Crippen molar-refractivity contribution < 1.29 is 14.3 Å². The van der Waals surface area contributed by atoms with Crippen molar-refractivity contribution in [2.45, 2.75) is 6.54 Å². The smallest absolute Gasteiger partial charge is 0.270 e. The number of amides is 1. The molecule has 0 unspecified atom stereocenters. The molecule has 0 radical (unpaired) electrons. The molecule has 0 atom stereocenters. The fourth-order valence-corrected chi connectivity index (χ4v) is 3.06. The van der Waals surface area contributed by atoms with Gasteiger partial charge in [-0.3, -0.25) is 4.79 Å². The summed E-state index contributed by atoms with van der Waals surface area (Å²) in [6.45, 7) is 2.59. The van der Waals surface area contributed by atoms with Gasteiger partial charge in [-0.05, 0) is 24.3 Å². The monoisotopic (exact) mass is 456 g/mol. The standard InChI is InChI=1S/C20H21ClN8O3/c1-31-17-10-15(23-12-24-17)18(30)22-11-16-26-19(25-14-4-2-13(21)3-5-14)28-20(27-16)29-6-8-32-9-7-29/h2-5,10,12H,6-9,11H2,1H3,(H,22,30)(H,25,26,27,28). The minimum Gasteiger partial charge on any atom is -0.481 e. The topological polar surface area (TPSA) is 127 Å². The molecule has 0 bridgehead atoms. The van der Waals surface area contributed by atoms with Crippen LogP contribution in [-0.4, -0.2) is 64.2 Å². The molecule has 32 heavy (non-hydrogen) atoms. The first-order valence-corrected chi connectivity index (χ1v) is 10.2. The van der Waals surface area contributed by atoms with E-state index in [4.69, 9.17) is 21.1 Å². The Morgan fingerprint density at radius 3 is 2.69 bits per heavy atom. The highest BCUT2D eigenvalue weighted by Gasteiger charge is 2.17. The molecule has 1 saturated heterocycles. The molecule has 2 aromatic heterocycles. The molecule has 0 aliphatic carbocycles. The average molecular weight is 457 g/mol. The maximum Gasteiger partial charge on any atom is 0.270 e. The summed E-state index contributed by atoms with van der Waals surface area (Å²) in [5.41, 5.74) is 0.954. The molecule has 12 heteroatoms. The first-order chi connectivity index (χ1) is 15.6. The van der Waals surface area contributed by atoms with Gasteiger partial charge in [-0.15, -0.1) is 0 Å². The van der Waals surface area contributed by atoms with Crippen molar-refractivity contribution in [2.75, 3.05) is 43.6 Å². The quantitative estimate of drug-likeness (QED) is 0.543. The predicted molar refractivity (Wildman–Crippen MR) is 117 cm³/mol. The SMILES string of the molecule is COc1cc(C(=O)NCc2nc(Nc3ccc(Cl)cc3)nc(N3CCOCC3)n2)ncn1. The van der Waals surface area contributed by atoms with Gasteiger partial charge in [-0.1, -0.05) is 11.6 Å². The minimum absolute atomic E-state index is 0.0836. The third-order valence-corrected chi connectivity index (χ3v) is 4.81. The molecule has 1 amide bonds. The molecular formula is C20H21ClN8O3. The van der Waals surface area contributed by atoms with Gasteiger partial charge in [0.1, 0.15) is 12.0 Å². The highest BCUT2D eigenvalue weighted by atomic mass is 35.5. The second-order valence-corrected chi connectivity index (χ2v) is 7.17. The van der Waals surface area contributed by atoms with Crippen LogP contribution in [0.4, 0.5) is 17.6 Å². The first-order valence-electron chi connectivity index (χ1n) is 9.85. The molecule has 2 N–H and O–H groups in total. The van der Waals surface area contributed by atoms with Crippen molar-refractivity contribution in [1.29, 1.82) is 0 Å². The number of nitrogens with zero attached hydrogens (tertiary/aromatic N) is 6. The maximum atomic E-state index is 12.5. The molecule has 1 aromatic carbocycles. The van der Waals surface area contributed by atoms with Crippen molar-refractivity contribution in [2.24, 2.45) is 0 Å². The number of rotatable bonds is 7. The van der Waals surface area contributed by atoms with Crippen molar-refractivity contribution in [1.82, 2.24) is 30.2 Å². The van der Waals surface area contributed by atoms with Gasteiger partial charge in [0.15, 0.2) is 5.82 Å². The second-order valence-electron chi connectivity index (χ2n) is 6.73. The van der Waals surface area contributed by atoms with Crippen LogP contribution in [0.2, 0.25) is 5.02 Å². The lowest BCUT2D eigenvalue weighted by Crippen LogP contribution is -2.38. The number of morpholine rings is 1. The van der Waals surface area contributed by atoms with Gasteiger partial charge in [0.25, 0.3) is 5.91 Å². The van der Waals surface area contributed by atoms with E-state index >= 15 is 0 Å². The van der Waals surface area contributed by atoms with Crippen LogP contribution in [-0.2, 0) is 11.3 Å². The Hall–Kier alpha value is -3.57. The number of hydrogen-bond donors (Lipinski definition) is 2. The van der Waals surface area contributed by atoms with Crippen LogP contribution in [0, 0.1) is 0 Å². The molecule has 0 saturated carbocycles. The number of benzene rings is 1. The molecule has 0 spiro atoms. The number of halogens is 1. The van der Waals surface area contributed by atoms with Crippen LogP contribution >= 0.6 is 11.6 Å². The minimum atomic E-state index is -0.397.